The Balaban J connectivity index is 0. The van der Waals surface area contributed by atoms with Crippen molar-refractivity contribution >= 4 is 12.4 Å². The highest BCUT2D eigenvalue weighted by Gasteiger charge is 2.11. The lowest BCUT2D eigenvalue weighted by molar-refractivity contribution is -0.151. The lowest BCUT2D eigenvalue weighted by atomic mass is 10.2. The number of carboxylic acid groups (broad SMARTS) is 1. The number of rotatable bonds is 0. The molecule has 0 aliphatic carbocycles. The van der Waals surface area contributed by atoms with Crippen LogP contribution in [-0.2, 0) is 14.3 Å². The van der Waals surface area contributed by atoms with Crippen LogP contribution in [0.1, 0.15) is 27.7 Å². The summed E-state index contributed by atoms with van der Waals surface area (Å²) in [6.45, 7) is 6.68. The van der Waals surface area contributed by atoms with Crippen molar-refractivity contribution in [3.05, 3.63) is 0 Å². The Morgan fingerprint density at radius 1 is 1.45 bits per heavy atom. The summed E-state index contributed by atoms with van der Waals surface area (Å²) >= 11 is 0. The summed E-state index contributed by atoms with van der Waals surface area (Å²) in [5.41, 5.74) is -0.328. The fourth-order valence-corrected chi connectivity index (χ4v) is 0.431. The molecule has 0 saturated heterocycles. The molecular formula is C7H14O4. The quantitative estimate of drug-likeness (QED) is 0.427. The monoisotopic (exact) mass is 162 g/mol. The van der Waals surface area contributed by atoms with Gasteiger partial charge in [0.05, 0.1) is 0 Å². The predicted molar refractivity (Wildman–Crippen MR) is 40.2 cm³/mol. The van der Waals surface area contributed by atoms with Gasteiger partial charge >= 0.3 is 5.97 Å². The average molecular weight is 162 g/mol. The zero-order valence-electron chi connectivity index (χ0n) is 7.25. The molecule has 66 valence electrons. The number of hydrogen-bond donors (Lipinski definition) is 1. The fraction of sp³-hybridized carbons (Fsp3) is 0.714. The lowest BCUT2D eigenvalue weighted by Crippen LogP contribution is -2.21. The Morgan fingerprint density at radius 2 is 1.73 bits per heavy atom. The minimum absolute atomic E-state index is 0.225. The molecule has 0 aliphatic heterocycles. The molecule has 0 rings (SSSR count). The van der Waals surface area contributed by atoms with E-state index >= 15 is 0 Å². The Bertz CT molecular complexity index is 123. The van der Waals surface area contributed by atoms with E-state index < -0.39 is 0 Å². The molecule has 0 aromatic carbocycles. The highest BCUT2D eigenvalue weighted by atomic mass is 16.6. The van der Waals surface area contributed by atoms with E-state index in [0.717, 1.165) is 0 Å². The van der Waals surface area contributed by atoms with Gasteiger partial charge in [-0.1, -0.05) is 0 Å². The van der Waals surface area contributed by atoms with E-state index in [1.807, 2.05) is 20.8 Å². The molecule has 0 unspecified atom stereocenters. The molecular weight excluding hydrogens is 148 g/mol. The van der Waals surface area contributed by atoms with Crippen LogP contribution in [0.25, 0.3) is 0 Å². The molecule has 4 heteroatoms. The third-order valence-corrected chi connectivity index (χ3v) is 0.450. The minimum atomic E-state index is -0.328. The first kappa shape index (κ1) is 12.6. The number of carbonyl (C=O) groups is 2. The van der Waals surface area contributed by atoms with Crippen LogP contribution in [0.15, 0.2) is 0 Å². The summed E-state index contributed by atoms with van der Waals surface area (Å²) in [7, 11) is 0. The van der Waals surface area contributed by atoms with E-state index in [1.165, 1.54) is 6.92 Å². The van der Waals surface area contributed by atoms with Crippen LogP contribution in [-0.4, -0.2) is 23.1 Å². The number of hydrogen-bond acceptors (Lipinski definition) is 3. The van der Waals surface area contributed by atoms with E-state index in [1.54, 1.807) is 0 Å². The highest BCUT2D eigenvalue weighted by molar-refractivity contribution is 5.66. The predicted octanol–water partition coefficient (Wildman–Crippen LogP) is 1.05. The topological polar surface area (TPSA) is 63.6 Å². The summed E-state index contributed by atoms with van der Waals surface area (Å²) in [5, 5.41) is 6.89. The van der Waals surface area contributed by atoms with Gasteiger partial charge in [0.2, 0.25) is 0 Å². The van der Waals surface area contributed by atoms with E-state index in [9.17, 15) is 4.79 Å². The number of ether oxygens (including phenoxy) is 1. The van der Waals surface area contributed by atoms with Gasteiger partial charge in [-0.3, -0.25) is 9.59 Å². The van der Waals surface area contributed by atoms with Crippen molar-refractivity contribution < 1.29 is 19.4 Å². The van der Waals surface area contributed by atoms with E-state index in [0.29, 0.717) is 0 Å². The van der Waals surface area contributed by atoms with Gasteiger partial charge in [-0.05, 0) is 20.8 Å². The van der Waals surface area contributed by atoms with Crippen molar-refractivity contribution in [1.29, 1.82) is 0 Å². The van der Waals surface area contributed by atoms with Gasteiger partial charge < -0.3 is 9.84 Å². The molecule has 0 saturated carbocycles. The van der Waals surface area contributed by atoms with Gasteiger partial charge in [-0.2, -0.15) is 0 Å². The second kappa shape index (κ2) is 5.70. The standard InChI is InChI=1S/C6H12O2.CH2O2/c1-5(7)8-6(2,3)4;2-1-3/h1-4H3;1H,(H,2,3). The molecule has 0 heterocycles. The van der Waals surface area contributed by atoms with Crippen LogP contribution in [0.3, 0.4) is 0 Å². The lowest BCUT2D eigenvalue weighted by Gasteiger charge is -2.17. The highest BCUT2D eigenvalue weighted by Crippen LogP contribution is 2.05. The Labute approximate surface area is 66.2 Å². The molecule has 0 radical (unpaired) electrons. The van der Waals surface area contributed by atoms with Crippen LogP contribution in [0.2, 0.25) is 0 Å². The smallest absolute Gasteiger partial charge is 0.303 e. The maximum atomic E-state index is 10.2. The second-order valence-corrected chi connectivity index (χ2v) is 2.81. The third-order valence-electron chi connectivity index (χ3n) is 0.450. The van der Waals surface area contributed by atoms with Gasteiger partial charge in [0.1, 0.15) is 5.60 Å². The molecule has 0 aromatic heterocycles. The summed E-state index contributed by atoms with van der Waals surface area (Å²) < 4.78 is 4.80. The zero-order valence-corrected chi connectivity index (χ0v) is 7.25. The van der Waals surface area contributed by atoms with Crippen LogP contribution in [0.5, 0.6) is 0 Å². The Kier molecular flexibility index (Phi) is 6.53. The molecule has 0 amide bonds. The van der Waals surface area contributed by atoms with Crippen LogP contribution in [0.4, 0.5) is 0 Å². The second-order valence-electron chi connectivity index (χ2n) is 2.81. The van der Waals surface area contributed by atoms with E-state index in [4.69, 9.17) is 14.6 Å². The molecule has 0 bridgehead atoms. The summed E-state index contributed by atoms with van der Waals surface area (Å²) in [6.07, 6.45) is 0. The van der Waals surface area contributed by atoms with Crippen molar-refractivity contribution in [3.8, 4) is 0 Å². The maximum absolute atomic E-state index is 10.2. The molecule has 4 nitrogen and oxygen atoms in total. The first-order valence-corrected chi connectivity index (χ1v) is 3.11. The van der Waals surface area contributed by atoms with Gasteiger partial charge in [-0.25, -0.2) is 0 Å². The van der Waals surface area contributed by atoms with Crippen molar-refractivity contribution in [3.63, 3.8) is 0 Å². The van der Waals surface area contributed by atoms with Crippen molar-refractivity contribution in [2.24, 2.45) is 0 Å². The fourth-order valence-electron chi connectivity index (χ4n) is 0.431. The largest absolute Gasteiger partial charge is 0.483 e. The van der Waals surface area contributed by atoms with E-state index in [2.05, 4.69) is 0 Å². The SMILES string of the molecule is CC(=O)OC(C)(C)C.O=CO. The summed E-state index contributed by atoms with van der Waals surface area (Å²) in [6, 6.07) is 0. The summed E-state index contributed by atoms with van der Waals surface area (Å²) in [5.74, 6) is -0.225. The molecule has 0 atom stereocenters. The van der Waals surface area contributed by atoms with Gasteiger partial charge in [0.15, 0.2) is 0 Å². The average Bonchev–Trinajstić information content (AvgIpc) is 1.57. The van der Waals surface area contributed by atoms with E-state index in [-0.39, 0.29) is 18.0 Å². The van der Waals surface area contributed by atoms with Gasteiger partial charge in [-0.15, -0.1) is 0 Å². The molecule has 1 N–H and O–H groups in total. The minimum Gasteiger partial charge on any atom is -0.483 e. The molecule has 11 heavy (non-hydrogen) atoms. The molecule has 0 spiro atoms. The normalized spacial score (nSPS) is 9.09. The Hall–Kier alpha value is -1.06. The Morgan fingerprint density at radius 3 is 1.73 bits per heavy atom. The maximum Gasteiger partial charge on any atom is 0.303 e. The van der Waals surface area contributed by atoms with Gasteiger partial charge in [0.25, 0.3) is 6.47 Å². The van der Waals surface area contributed by atoms with Crippen LogP contribution < -0.4 is 0 Å². The van der Waals surface area contributed by atoms with Crippen LogP contribution >= 0.6 is 0 Å². The van der Waals surface area contributed by atoms with Gasteiger partial charge in [0, 0.05) is 6.92 Å². The first-order chi connectivity index (χ1) is 4.83. The first-order valence-electron chi connectivity index (χ1n) is 3.11. The molecule has 0 aromatic rings. The van der Waals surface area contributed by atoms with Crippen molar-refractivity contribution in [1.82, 2.24) is 0 Å². The van der Waals surface area contributed by atoms with Crippen molar-refractivity contribution in [2.45, 2.75) is 33.3 Å². The summed E-state index contributed by atoms with van der Waals surface area (Å²) in [4.78, 5) is 18.6. The van der Waals surface area contributed by atoms with Crippen LogP contribution in [0, 0.1) is 0 Å². The van der Waals surface area contributed by atoms with Crippen molar-refractivity contribution in [2.75, 3.05) is 0 Å². The third kappa shape index (κ3) is 27.7. The molecule has 0 aliphatic rings. The number of esters is 1. The number of carbonyl (C=O) groups excluding carboxylic acids is 1. The molecule has 0 fully saturated rings. The zero-order chi connectivity index (χ0) is 9.49.